The molecule has 0 aliphatic rings. The number of nitrogens with zero attached hydrogens (tertiary/aromatic N) is 4. The Kier molecular flexibility index (Phi) is 7.17. The van der Waals surface area contributed by atoms with E-state index in [-0.39, 0.29) is 0 Å². The third-order valence-electron chi connectivity index (χ3n) is 4.11. The van der Waals surface area contributed by atoms with Crippen LogP contribution in [0.25, 0.3) is 11.3 Å². The highest BCUT2D eigenvalue weighted by Crippen LogP contribution is 2.21. The molecule has 6 nitrogen and oxygen atoms in total. The van der Waals surface area contributed by atoms with E-state index in [1.54, 1.807) is 12.4 Å². The van der Waals surface area contributed by atoms with Crippen molar-refractivity contribution in [3.8, 4) is 11.3 Å². The summed E-state index contributed by atoms with van der Waals surface area (Å²) < 4.78 is 0. The topological polar surface area (TPSA) is 66.0 Å². The number of nitrogens with one attached hydrogen (secondary N) is 2. The fourth-order valence-corrected chi connectivity index (χ4v) is 2.93. The molecule has 1 aromatic carbocycles. The fraction of sp³-hybridized carbons (Fsp3) is 0.286. The average molecular weight is 397 g/mol. The Labute approximate surface area is 171 Å². The molecule has 0 fully saturated rings. The second-order valence-electron chi connectivity index (χ2n) is 6.77. The molecule has 0 spiro atoms. The molecule has 28 heavy (non-hydrogen) atoms. The van der Waals surface area contributed by atoms with Crippen molar-refractivity contribution in [2.75, 3.05) is 37.8 Å². The van der Waals surface area contributed by atoms with Crippen molar-refractivity contribution in [1.82, 2.24) is 19.9 Å². The third kappa shape index (κ3) is 6.18. The minimum absolute atomic E-state index is 0.605. The number of rotatable bonds is 9. The highest BCUT2D eigenvalue weighted by molar-refractivity contribution is 6.30. The lowest BCUT2D eigenvalue weighted by Crippen LogP contribution is -2.17. The zero-order valence-electron chi connectivity index (χ0n) is 16.2. The Hall–Kier alpha value is -2.70. The van der Waals surface area contributed by atoms with Crippen molar-refractivity contribution in [3.63, 3.8) is 0 Å². The van der Waals surface area contributed by atoms with Crippen LogP contribution in [0.3, 0.4) is 0 Å². The van der Waals surface area contributed by atoms with Crippen LogP contribution >= 0.6 is 11.6 Å². The number of hydrogen-bond acceptors (Lipinski definition) is 6. The fourth-order valence-electron chi connectivity index (χ4n) is 2.71. The predicted octanol–water partition coefficient (Wildman–Crippen LogP) is 4.17. The van der Waals surface area contributed by atoms with Crippen molar-refractivity contribution in [2.45, 2.75) is 13.0 Å². The molecule has 2 N–H and O–H groups in total. The third-order valence-corrected chi connectivity index (χ3v) is 4.35. The molecular formula is C21H25ClN6. The van der Waals surface area contributed by atoms with Crippen LogP contribution in [-0.4, -0.2) is 47.0 Å². The van der Waals surface area contributed by atoms with Crippen LogP contribution in [0.5, 0.6) is 0 Å². The maximum Gasteiger partial charge on any atom is 0.225 e. The van der Waals surface area contributed by atoms with E-state index >= 15 is 0 Å². The normalized spacial score (nSPS) is 10.9. The number of benzene rings is 1. The van der Waals surface area contributed by atoms with E-state index < -0.39 is 0 Å². The van der Waals surface area contributed by atoms with Gasteiger partial charge in [0.15, 0.2) is 0 Å². The van der Waals surface area contributed by atoms with Gasteiger partial charge in [-0.2, -0.15) is 4.98 Å². The lowest BCUT2D eigenvalue weighted by molar-refractivity contribution is 0.405. The Morgan fingerprint density at radius 3 is 2.68 bits per heavy atom. The second-order valence-corrected chi connectivity index (χ2v) is 7.21. The molecule has 146 valence electrons. The van der Waals surface area contributed by atoms with Gasteiger partial charge in [-0.15, -0.1) is 0 Å². The van der Waals surface area contributed by atoms with Gasteiger partial charge in [0.25, 0.3) is 0 Å². The first-order valence-corrected chi connectivity index (χ1v) is 9.64. The van der Waals surface area contributed by atoms with Crippen LogP contribution in [0, 0.1) is 0 Å². The highest BCUT2D eigenvalue weighted by atomic mass is 35.5. The van der Waals surface area contributed by atoms with E-state index in [2.05, 4.69) is 44.6 Å². The Balaban J connectivity index is 1.76. The van der Waals surface area contributed by atoms with Crippen LogP contribution in [0.15, 0.2) is 54.9 Å². The lowest BCUT2D eigenvalue weighted by Gasteiger charge is -2.13. The molecule has 0 aliphatic carbocycles. The summed E-state index contributed by atoms with van der Waals surface area (Å²) in [5.41, 5.74) is 2.87. The molecule has 0 atom stereocenters. The largest absolute Gasteiger partial charge is 0.366 e. The van der Waals surface area contributed by atoms with Crippen LogP contribution in [0.4, 0.5) is 11.8 Å². The molecule has 0 bridgehead atoms. The van der Waals surface area contributed by atoms with Gasteiger partial charge in [-0.25, -0.2) is 4.98 Å². The van der Waals surface area contributed by atoms with Gasteiger partial charge in [0.2, 0.25) is 5.95 Å². The van der Waals surface area contributed by atoms with Crippen molar-refractivity contribution >= 4 is 23.4 Å². The molecular weight excluding hydrogens is 372 g/mol. The summed E-state index contributed by atoms with van der Waals surface area (Å²) in [5.74, 6) is 1.36. The summed E-state index contributed by atoms with van der Waals surface area (Å²) >= 11 is 6.08. The predicted molar refractivity (Wildman–Crippen MR) is 116 cm³/mol. The highest BCUT2D eigenvalue weighted by Gasteiger charge is 2.07. The molecule has 2 heterocycles. The van der Waals surface area contributed by atoms with E-state index in [0.717, 1.165) is 47.2 Å². The molecule has 7 heteroatoms. The monoisotopic (exact) mass is 396 g/mol. The van der Waals surface area contributed by atoms with E-state index in [4.69, 9.17) is 11.6 Å². The van der Waals surface area contributed by atoms with E-state index in [0.29, 0.717) is 12.5 Å². The molecule has 2 aromatic heterocycles. The molecule has 0 radical (unpaired) electrons. The van der Waals surface area contributed by atoms with Crippen LogP contribution in [0.1, 0.15) is 12.0 Å². The van der Waals surface area contributed by atoms with Gasteiger partial charge in [-0.3, -0.25) is 4.98 Å². The zero-order valence-corrected chi connectivity index (χ0v) is 16.9. The summed E-state index contributed by atoms with van der Waals surface area (Å²) in [6, 6.07) is 13.6. The van der Waals surface area contributed by atoms with Crippen LogP contribution < -0.4 is 10.6 Å². The summed E-state index contributed by atoms with van der Waals surface area (Å²) in [7, 11) is 4.13. The molecule has 3 aromatic rings. The van der Waals surface area contributed by atoms with Crippen molar-refractivity contribution in [1.29, 1.82) is 0 Å². The molecule has 0 unspecified atom stereocenters. The SMILES string of the molecule is CN(C)CCCNc1nc(NCc2cccc(Cl)c2)cc(-c2cccnc2)n1. The number of halogens is 1. The van der Waals surface area contributed by atoms with E-state index in [9.17, 15) is 0 Å². The van der Waals surface area contributed by atoms with E-state index in [1.807, 2.05) is 42.5 Å². The van der Waals surface area contributed by atoms with E-state index in [1.165, 1.54) is 0 Å². The first kappa shape index (κ1) is 20.0. The van der Waals surface area contributed by atoms with Gasteiger partial charge < -0.3 is 15.5 Å². The summed E-state index contributed by atoms with van der Waals surface area (Å²) in [4.78, 5) is 15.6. The van der Waals surface area contributed by atoms with Crippen molar-refractivity contribution in [3.05, 3.63) is 65.4 Å². The Morgan fingerprint density at radius 1 is 1.04 bits per heavy atom. The van der Waals surface area contributed by atoms with Gasteiger partial charge in [0.1, 0.15) is 5.82 Å². The van der Waals surface area contributed by atoms with Crippen LogP contribution in [-0.2, 0) is 6.54 Å². The average Bonchev–Trinajstić information content (AvgIpc) is 2.70. The first-order valence-electron chi connectivity index (χ1n) is 9.26. The second kappa shape index (κ2) is 10.0. The van der Waals surface area contributed by atoms with Gasteiger partial charge >= 0.3 is 0 Å². The Morgan fingerprint density at radius 2 is 1.93 bits per heavy atom. The van der Waals surface area contributed by atoms with Crippen LogP contribution in [0.2, 0.25) is 5.02 Å². The summed E-state index contributed by atoms with van der Waals surface area (Å²) in [5, 5.41) is 7.42. The Bertz CT molecular complexity index is 885. The molecule has 0 saturated heterocycles. The number of hydrogen-bond donors (Lipinski definition) is 2. The molecule has 0 aliphatic heterocycles. The zero-order chi connectivity index (χ0) is 19.8. The smallest absolute Gasteiger partial charge is 0.225 e. The van der Waals surface area contributed by atoms with Crippen molar-refractivity contribution in [2.24, 2.45) is 0 Å². The molecule has 0 saturated carbocycles. The van der Waals surface area contributed by atoms with Gasteiger partial charge in [0, 0.05) is 42.1 Å². The quantitative estimate of drug-likeness (QED) is 0.529. The first-order chi connectivity index (χ1) is 13.6. The van der Waals surface area contributed by atoms with Gasteiger partial charge in [0.05, 0.1) is 5.69 Å². The standard InChI is InChI=1S/C21H25ClN6/c1-28(2)11-5-10-24-21-26-19(17-7-4-9-23-15-17)13-20(27-21)25-14-16-6-3-8-18(22)12-16/h3-4,6-9,12-13,15H,5,10-11,14H2,1-2H3,(H2,24,25,26,27). The summed E-state index contributed by atoms with van der Waals surface area (Å²) in [6.07, 6.45) is 4.57. The number of anilines is 2. The minimum atomic E-state index is 0.605. The maximum absolute atomic E-state index is 6.08. The minimum Gasteiger partial charge on any atom is -0.366 e. The summed E-state index contributed by atoms with van der Waals surface area (Å²) in [6.45, 7) is 2.45. The van der Waals surface area contributed by atoms with Crippen molar-refractivity contribution < 1.29 is 0 Å². The maximum atomic E-state index is 6.08. The molecule has 0 amide bonds. The van der Waals surface area contributed by atoms with Gasteiger partial charge in [-0.1, -0.05) is 23.7 Å². The molecule has 3 rings (SSSR count). The van der Waals surface area contributed by atoms with Gasteiger partial charge in [-0.05, 0) is 56.9 Å². The lowest BCUT2D eigenvalue weighted by atomic mass is 10.2. The number of pyridine rings is 1. The number of aromatic nitrogens is 3.